The van der Waals surface area contributed by atoms with Gasteiger partial charge in [0.1, 0.15) is 23.9 Å². The number of hydrogen-bond acceptors (Lipinski definition) is 7. The van der Waals surface area contributed by atoms with Crippen LogP contribution < -0.4 is 24.2 Å². The minimum Gasteiger partial charge on any atom is -0.497 e. The fourth-order valence-electron chi connectivity index (χ4n) is 6.45. The number of ether oxygens (including phenoxy) is 3. The van der Waals surface area contributed by atoms with Gasteiger partial charge in [-0.3, -0.25) is 4.72 Å². The standard InChI is InChI=1S/C45H46N2O6S/c1-51-39-23-18-35(19-24-39)42(36-20-25-40(52-2)26-21-36)30-38(28-33-12-6-3-7-13-33)46-31-44(48)37-22-27-45(53-32-34-14-8-4-9-15-34)43(29-37)47-54(49,50)41-16-10-5-11-17-41/h3-27,29,38,42,44,46-48H,28,30-32H2,1-2H3. The molecule has 8 nitrogen and oxygen atoms in total. The normalized spacial score (nSPS) is 12.5. The molecule has 0 aliphatic heterocycles. The Hall–Kier alpha value is -5.61. The van der Waals surface area contributed by atoms with Gasteiger partial charge in [-0.2, -0.15) is 0 Å². The van der Waals surface area contributed by atoms with Gasteiger partial charge in [-0.15, -0.1) is 0 Å². The monoisotopic (exact) mass is 742 g/mol. The summed E-state index contributed by atoms with van der Waals surface area (Å²) in [5, 5.41) is 15.3. The molecule has 0 heterocycles. The first-order valence-corrected chi connectivity index (χ1v) is 19.4. The molecule has 0 saturated heterocycles. The van der Waals surface area contributed by atoms with Crippen molar-refractivity contribution in [2.75, 3.05) is 25.5 Å². The zero-order chi connectivity index (χ0) is 37.8. The Bertz CT molecular complexity index is 2100. The zero-order valence-corrected chi connectivity index (χ0v) is 31.3. The van der Waals surface area contributed by atoms with Gasteiger partial charge in [0, 0.05) is 18.5 Å². The van der Waals surface area contributed by atoms with Crippen molar-refractivity contribution >= 4 is 15.7 Å². The third-order valence-electron chi connectivity index (χ3n) is 9.40. The van der Waals surface area contributed by atoms with E-state index < -0.39 is 16.1 Å². The number of nitrogens with one attached hydrogen (secondary N) is 2. The molecule has 0 fully saturated rings. The summed E-state index contributed by atoms with van der Waals surface area (Å²) in [6.45, 7) is 0.472. The quantitative estimate of drug-likeness (QED) is 0.0811. The van der Waals surface area contributed by atoms with Gasteiger partial charge in [0.05, 0.1) is 30.9 Å². The highest BCUT2D eigenvalue weighted by Gasteiger charge is 2.23. The average Bonchev–Trinajstić information content (AvgIpc) is 3.22. The van der Waals surface area contributed by atoms with Crippen LogP contribution in [0.4, 0.5) is 5.69 Å². The van der Waals surface area contributed by atoms with E-state index in [9.17, 15) is 13.5 Å². The SMILES string of the molecule is COc1ccc(C(CC(Cc2ccccc2)NCC(O)c2ccc(OCc3ccccc3)c(NS(=O)(=O)c3ccccc3)c2)c2ccc(OC)cc2)cc1. The second-order valence-corrected chi connectivity index (χ2v) is 14.8. The number of methoxy groups -OCH3 is 2. The van der Waals surface area contributed by atoms with Crippen molar-refractivity contribution in [3.05, 3.63) is 186 Å². The minimum atomic E-state index is -3.94. The lowest BCUT2D eigenvalue weighted by molar-refractivity contribution is 0.168. The lowest BCUT2D eigenvalue weighted by Gasteiger charge is -2.27. The lowest BCUT2D eigenvalue weighted by Crippen LogP contribution is -2.36. The molecule has 0 aromatic heterocycles. The largest absolute Gasteiger partial charge is 0.497 e. The van der Waals surface area contributed by atoms with E-state index in [1.54, 1.807) is 50.6 Å². The first-order valence-electron chi connectivity index (χ1n) is 17.9. The highest BCUT2D eigenvalue weighted by atomic mass is 32.2. The summed E-state index contributed by atoms with van der Waals surface area (Å²) in [4.78, 5) is 0.124. The zero-order valence-electron chi connectivity index (χ0n) is 30.5. The van der Waals surface area contributed by atoms with Gasteiger partial charge in [-0.05, 0) is 89.2 Å². The van der Waals surface area contributed by atoms with Crippen LogP contribution in [-0.4, -0.2) is 40.3 Å². The number of benzene rings is 6. The third kappa shape index (κ3) is 10.3. The molecule has 3 N–H and O–H groups in total. The first kappa shape index (κ1) is 38.1. The van der Waals surface area contributed by atoms with Crippen molar-refractivity contribution in [3.63, 3.8) is 0 Å². The van der Waals surface area contributed by atoms with E-state index in [4.69, 9.17) is 14.2 Å². The van der Waals surface area contributed by atoms with Gasteiger partial charge in [0.25, 0.3) is 10.0 Å². The number of anilines is 1. The highest BCUT2D eigenvalue weighted by Crippen LogP contribution is 2.34. The molecule has 0 amide bonds. The van der Waals surface area contributed by atoms with Crippen molar-refractivity contribution < 1.29 is 27.7 Å². The number of sulfonamides is 1. The fraction of sp³-hybridized carbons (Fsp3) is 0.200. The fourth-order valence-corrected chi connectivity index (χ4v) is 7.54. The second-order valence-electron chi connectivity index (χ2n) is 13.1. The van der Waals surface area contributed by atoms with Crippen molar-refractivity contribution in [2.45, 2.75) is 42.4 Å². The van der Waals surface area contributed by atoms with Crippen LogP contribution in [0.3, 0.4) is 0 Å². The molecule has 0 spiro atoms. The summed E-state index contributed by atoms with van der Waals surface area (Å²) in [5.41, 5.74) is 5.18. The summed E-state index contributed by atoms with van der Waals surface area (Å²) in [5.74, 6) is 1.96. The predicted octanol–water partition coefficient (Wildman–Crippen LogP) is 8.54. The molecule has 278 valence electrons. The van der Waals surface area contributed by atoms with Gasteiger partial charge in [0.15, 0.2) is 0 Å². The molecule has 0 aliphatic rings. The molecule has 2 unspecified atom stereocenters. The van der Waals surface area contributed by atoms with E-state index >= 15 is 0 Å². The maximum absolute atomic E-state index is 13.5. The summed E-state index contributed by atoms with van der Waals surface area (Å²) in [7, 11) is -0.619. The van der Waals surface area contributed by atoms with Crippen LogP contribution in [0.1, 0.15) is 46.3 Å². The minimum absolute atomic E-state index is 0.0280. The van der Waals surface area contributed by atoms with Crippen LogP contribution in [0.25, 0.3) is 0 Å². The highest BCUT2D eigenvalue weighted by molar-refractivity contribution is 7.92. The summed E-state index contributed by atoms with van der Waals surface area (Å²) in [6.07, 6.45) is 0.506. The number of aliphatic hydroxyl groups excluding tert-OH is 1. The van der Waals surface area contributed by atoms with Crippen molar-refractivity contribution in [3.8, 4) is 17.2 Å². The Kier molecular flexibility index (Phi) is 13.0. The molecule has 0 saturated carbocycles. The first-order chi connectivity index (χ1) is 26.3. The van der Waals surface area contributed by atoms with Crippen LogP contribution in [-0.2, 0) is 23.1 Å². The van der Waals surface area contributed by atoms with Gasteiger partial charge in [-0.25, -0.2) is 8.42 Å². The molecule has 0 aliphatic carbocycles. The molecule has 0 radical (unpaired) electrons. The van der Waals surface area contributed by atoms with E-state index in [0.29, 0.717) is 11.3 Å². The Labute approximate surface area is 318 Å². The van der Waals surface area contributed by atoms with E-state index in [0.717, 1.165) is 41.0 Å². The van der Waals surface area contributed by atoms with Crippen LogP contribution in [0, 0.1) is 0 Å². The van der Waals surface area contributed by atoms with Crippen molar-refractivity contribution in [1.29, 1.82) is 0 Å². The Morgan fingerprint density at radius 2 is 1.15 bits per heavy atom. The molecule has 2 atom stereocenters. The Morgan fingerprint density at radius 1 is 0.630 bits per heavy atom. The van der Waals surface area contributed by atoms with Gasteiger partial charge < -0.3 is 24.6 Å². The molecular weight excluding hydrogens is 697 g/mol. The topological polar surface area (TPSA) is 106 Å². The molecule has 6 aromatic carbocycles. The maximum atomic E-state index is 13.5. The van der Waals surface area contributed by atoms with Crippen LogP contribution in [0.5, 0.6) is 17.2 Å². The van der Waals surface area contributed by atoms with Gasteiger partial charge in [0.2, 0.25) is 0 Å². The number of aliphatic hydroxyl groups is 1. The van der Waals surface area contributed by atoms with Gasteiger partial charge in [-0.1, -0.05) is 109 Å². The van der Waals surface area contributed by atoms with Gasteiger partial charge >= 0.3 is 0 Å². The maximum Gasteiger partial charge on any atom is 0.262 e. The Balaban J connectivity index is 1.26. The van der Waals surface area contributed by atoms with Crippen LogP contribution >= 0.6 is 0 Å². The molecule has 6 rings (SSSR count). The lowest BCUT2D eigenvalue weighted by atomic mass is 9.84. The summed E-state index contributed by atoms with van der Waals surface area (Å²) >= 11 is 0. The van der Waals surface area contributed by atoms with E-state index in [1.807, 2.05) is 72.8 Å². The number of rotatable bonds is 18. The van der Waals surface area contributed by atoms with E-state index in [-0.39, 0.29) is 35.7 Å². The number of hydrogen-bond donors (Lipinski definition) is 3. The summed E-state index contributed by atoms with van der Waals surface area (Å²) in [6, 6.07) is 49.5. The van der Waals surface area contributed by atoms with E-state index in [1.165, 1.54) is 17.7 Å². The average molecular weight is 743 g/mol. The van der Waals surface area contributed by atoms with E-state index in [2.05, 4.69) is 46.4 Å². The van der Waals surface area contributed by atoms with Crippen LogP contribution in [0.15, 0.2) is 163 Å². The molecule has 6 aromatic rings. The molecule has 9 heteroatoms. The third-order valence-corrected chi connectivity index (χ3v) is 10.8. The van der Waals surface area contributed by atoms with Crippen LogP contribution in [0.2, 0.25) is 0 Å². The smallest absolute Gasteiger partial charge is 0.262 e. The predicted molar refractivity (Wildman–Crippen MR) is 214 cm³/mol. The molecular formula is C45H46N2O6S. The molecule has 0 bridgehead atoms. The Morgan fingerprint density at radius 3 is 1.70 bits per heavy atom. The summed E-state index contributed by atoms with van der Waals surface area (Å²) < 4.78 is 46.6. The second kappa shape index (κ2) is 18.4. The van der Waals surface area contributed by atoms with Crippen molar-refractivity contribution in [1.82, 2.24) is 5.32 Å². The van der Waals surface area contributed by atoms with Crippen molar-refractivity contribution in [2.24, 2.45) is 0 Å². The molecule has 54 heavy (non-hydrogen) atoms.